The molecule has 0 radical (unpaired) electrons. The number of aryl methyl sites for hydroxylation is 2. The predicted octanol–water partition coefficient (Wildman–Crippen LogP) is 15.2. The van der Waals surface area contributed by atoms with Crippen molar-refractivity contribution in [2.24, 2.45) is 0 Å². The van der Waals surface area contributed by atoms with Crippen molar-refractivity contribution < 1.29 is 0 Å². The van der Waals surface area contributed by atoms with Crippen LogP contribution in [-0.2, 0) is 25.7 Å². The molecule has 1 heterocycles. The zero-order valence-electron chi connectivity index (χ0n) is 32.5. The maximum atomic E-state index is 2.54. The fourth-order valence-corrected chi connectivity index (χ4v) is 11.5. The van der Waals surface area contributed by atoms with Gasteiger partial charge in [-0.25, -0.2) is 0 Å². The lowest BCUT2D eigenvalue weighted by atomic mass is 9.79. The number of allylic oxidation sites excluding steroid dienone is 1. The van der Waals surface area contributed by atoms with Crippen LogP contribution in [0.2, 0.25) is 0 Å². The van der Waals surface area contributed by atoms with Gasteiger partial charge in [0.1, 0.15) is 0 Å². The molecule has 0 saturated carbocycles. The quantitative estimate of drug-likeness (QED) is 0.164. The van der Waals surface area contributed by atoms with Crippen LogP contribution in [0.5, 0.6) is 0 Å². The molecule has 0 spiro atoms. The lowest BCUT2D eigenvalue weighted by Gasteiger charge is -2.25. The lowest BCUT2D eigenvalue weighted by Crippen LogP contribution is -2.10. The van der Waals surface area contributed by atoms with Crippen LogP contribution in [0.15, 0.2) is 164 Å². The van der Waals surface area contributed by atoms with Crippen LogP contribution in [0.1, 0.15) is 81.3 Å². The summed E-state index contributed by atoms with van der Waals surface area (Å²) in [6.07, 6.45) is 11.4. The number of thiophene rings is 1. The SMILES string of the molecule is C[C@@H]1c2cc(-c3ccc4c(c3)-c3ccccc3C(Cc3ccc(-c5ccccc5)cc3)CC4)ccc2-c2ccccc2CC1c1ccc2sc3c(c2c1)C=CCC3. The highest BCUT2D eigenvalue weighted by Gasteiger charge is 2.30. The van der Waals surface area contributed by atoms with Crippen molar-refractivity contribution in [2.45, 2.75) is 63.2 Å². The molecular formula is C56H46S. The van der Waals surface area contributed by atoms with Crippen molar-refractivity contribution in [1.29, 1.82) is 0 Å². The first-order valence-electron chi connectivity index (χ1n) is 21.0. The minimum atomic E-state index is 0.360. The third kappa shape index (κ3) is 6.21. The second-order valence-electron chi connectivity index (χ2n) is 16.7. The summed E-state index contributed by atoms with van der Waals surface area (Å²) in [4.78, 5) is 1.55. The molecule has 1 aromatic heterocycles. The summed E-state index contributed by atoms with van der Waals surface area (Å²) in [5, 5.41) is 1.44. The van der Waals surface area contributed by atoms with Gasteiger partial charge in [-0.2, -0.15) is 0 Å². The van der Waals surface area contributed by atoms with Crippen molar-refractivity contribution in [2.75, 3.05) is 0 Å². The van der Waals surface area contributed by atoms with Gasteiger partial charge < -0.3 is 0 Å². The van der Waals surface area contributed by atoms with Gasteiger partial charge in [0.2, 0.25) is 0 Å². The fourth-order valence-electron chi connectivity index (χ4n) is 10.3. The van der Waals surface area contributed by atoms with Gasteiger partial charge >= 0.3 is 0 Å². The average Bonchev–Trinajstić information content (AvgIpc) is 3.50. The first kappa shape index (κ1) is 34.5. The Hall–Kier alpha value is -5.76. The third-order valence-corrected chi connectivity index (χ3v) is 14.7. The normalized spacial score (nSPS) is 18.1. The zero-order valence-corrected chi connectivity index (χ0v) is 33.4. The predicted molar refractivity (Wildman–Crippen MR) is 243 cm³/mol. The van der Waals surface area contributed by atoms with Crippen LogP contribution in [0.4, 0.5) is 0 Å². The summed E-state index contributed by atoms with van der Waals surface area (Å²) in [7, 11) is 0. The minimum Gasteiger partial charge on any atom is -0.140 e. The molecule has 3 aliphatic rings. The number of hydrogen-bond donors (Lipinski definition) is 0. The molecule has 2 unspecified atom stereocenters. The van der Waals surface area contributed by atoms with E-state index in [2.05, 4.69) is 177 Å². The molecule has 3 atom stereocenters. The topological polar surface area (TPSA) is 0 Å². The molecule has 0 fully saturated rings. The largest absolute Gasteiger partial charge is 0.140 e. The van der Waals surface area contributed by atoms with Crippen LogP contribution >= 0.6 is 11.3 Å². The number of rotatable bonds is 5. The molecule has 1 heteroatoms. The lowest BCUT2D eigenvalue weighted by molar-refractivity contribution is 0.580. The van der Waals surface area contributed by atoms with Gasteiger partial charge in [0, 0.05) is 15.0 Å². The molecule has 0 bridgehead atoms. The van der Waals surface area contributed by atoms with Crippen LogP contribution < -0.4 is 0 Å². The van der Waals surface area contributed by atoms with Crippen molar-refractivity contribution >= 4 is 27.5 Å². The third-order valence-electron chi connectivity index (χ3n) is 13.4. The van der Waals surface area contributed by atoms with Gasteiger partial charge in [-0.15, -0.1) is 11.3 Å². The zero-order chi connectivity index (χ0) is 37.9. The Bertz CT molecular complexity index is 2820. The summed E-state index contributed by atoms with van der Waals surface area (Å²) in [5.41, 5.74) is 20.9. The Labute approximate surface area is 341 Å². The molecule has 0 amide bonds. The van der Waals surface area contributed by atoms with E-state index in [1.54, 1.807) is 4.88 Å². The Morgan fingerprint density at radius 3 is 2.19 bits per heavy atom. The van der Waals surface area contributed by atoms with Gasteiger partial charge in [-0.3, -0.25) is 0 Å². The fraction of sp³-hybridized carbons (Fsp3) is 0.179. The van der Waals surface area contributed by atoms with E-state index in [9.17, 15) is 0 Å². The molecule has 7 aromatic carbocycles. The van der Waals surface area contributed by atoms with Gasteiger partial charge in [-0.05, 0) is 158 Å². The monoisotopic (exact) mass is 750 g/mol. The Kier molecular flexibility index (Phi) is 8.66. The van der Waals surface area contributed by atoms with Gasteiger partial charge in [0.05, 0.1) is 0 Å². The molecule has 0 saturated heterocycles. The number of benzene rings is 7. The molecule has 0 nitrogen and oxygen atoms in total. The van der Waals surface area contributed by atoms with Crippen molar-refractivity contribution in [3.8, 4) is 44.5 Å². The number of fused-ring (bicyclic) bond motifs is 9. The van der Waals surface area contributed by atoms with E-state index in [4.69, 9.17) is 0 Å². The second-order valence-corrected chi connectivity index (χ2v) is 17.8. The molecule has 3 aliphatic carbocycles. The van der Waals surface area contributed by atoms with E-state index in [0.717, 1.165) is 32.1 Å². The summed E-state index contributed by atoms with van der Waals surface area (Å²) in [6, 6.07) is 60.4. The smallest absolute Gasteiger partial charge is 0.0352 e. The van der Waals surface area contributed by atoms with Gasteiger partial charge in [-0.1, -0.05) is 159 Å². The first-order chi connectivity index (χ1) is 28.1. The van der Waals surface area contributed by atoms with E-state index in [1.165, 1.54) is 100.0 Å². The standard InChI is InChI=1S/C56H46S/c1-36-51(45-28-30-56-54(35-45)50-17-9-10-18-55(50)57-56)34-43-13-5-6-14-46(43)49-29-27-42(32-52(36)49)41-25-23-40-24-26-44(47-15-7-8-16-48(47)53(40)33-41)31-37-19-21-39(22-20-37)38-11-3-2-4-12-38/h2-9,11-17,19-23,25,27-30,32-33,35-36,44,51H,10,18,24,26,31,34H2,1H3/t36-,44?,51?/m0/s1. The summed E-state index contributed by atoms with van der Waals surface area (Å²) in [6.45, 7) is 2.48. The molecule has 0 aliphatic heterocycles. The first-order valence-corrected chi connectivity index (χ1v) is 21.8. The summed E-state index contributed by atoms with van der Waals surface area (Å²) >= 11 is 1.99. The van der Waals surface area contributed by atoms with Crippen molar-refractivity contribution in [1.82, 2.24) is 0 Å². The van der Waals surface area contributed by atoms with Crippen LogP contribution in [0, 0.1) is 0 Å². The maximum absolute atomic E-state index is 2.54. The highest BCUT2D eigenvalue weighted by Crippen LogP contribution is 2.48. The molecule has 57 heavy (non-hydrogen) atoms. The molecular weight excluding hydrogens is 705 g/mol. The van der Waals surface area contributed by atoms with E-state index in [-0.39, 0.29) is 0 Å². The van der Waals surface area contributed by atoms with Crippen molar-refractivity contribution in [3.05, 3.63) is 208 Å². The summed E-state index contributed by atoms with van der Waals surface area (Å²) in [5.74, 6) is 1.22. The molecule has 0 N–H and O–H groups in total. The molecule has 11 rings (SSSR count). The van der Waals surface area contributed by atoms with E-state index >= 15 is 0 Å². The van der Waals surface area contributed by atoms with Crippen molar-refractivity contribution in [3.63, 3.8) is 0 Å². The molecule has 8 aromatic rings. The second kappa shape index (κ2) is 14.3. The maximum Gasteiger partial charge on any atom is 0.0352 e. The average molecular weight is 751 g/mol. The highest BCUT2D eigenvalue weighted by molar-refractivity contribution is 7.19. The van der Waals surface area contributed by atoms with Crippen LogP contribution in [-0.4, -0.2) is 0 Å². The van der Waals surface area contributed by atoms with E-state index < -0.39 is 0 Å². The summed E-state index contributed by atoms with van der Waals surface area (Å²) < 4.78 is 1.42. The van der Waals surface area contributed by atoms with Gasteiger partial charge in [0.25, 0.3) is 0 Å². The number of hydrogen-bond acceptors (Lipinski definition) is 1. The van der Waals surface area contributed by atoms with Crippen LogP contribution in [0.3, 0.4) is 0 Å². The van der Waals surface area contributed by atoms with E-state index in [0.29, 0.717) is 17.8 Å². The molecule has 276 valence electrons. The Balaban J connectivity index is 0.945. The van der Waals surface area contributed by atoms with Crippen LogP contribution in [0.25, 0.3) is 60.7 Å². The van der Waals surface area contributed by atoms with Gasteiger partial charge in [0.15, 0.2) is 0 Å². The highest BCUT2D eigenvalue weighted by atomic mass is 32.1. The Morgan fingerprint density at radius 2 is 1.30 bits per heavy atom. The minimum absolute atomic E-state index is 0.360. The Morgan fingerprint density at radius 1 is 0.561 bits per heavy atom. The van der Waals surface area contributed by atoms with E-state index in [1.807, 2.05) is 11.3 Å².